The standard InChI is InChI=1S/C51H30N4OS/c1-4-13-31(14-5-1)49-52-50(32-15-6-2-7-16-32)54-51(53-49)35-18-12-17-33(29-35)34-23-26-41-40(30-34)45-42(55(41)36-19-8-3-9-20-36)27-24-37-38-25-28-44-46(48(38)56-47(37)45)39-21-10-11-22-43(39)57-44/h1-30H. The van der Waals surface area contributed by atoms with Crippen molar-refractivity contribution in [2.75, 3.05) is 0 Å². The van der Waals surface area contributed by atoms with Crippen LogP contribution in [0.15, 0.2) is 186 Å². The maximum atomic E-state index is 7.09. The molecule has 6 heteroatoms. The Morgan fingerprint density at radius 1 is 0.368 bits per heavy atom. The number of thiophene rings is 1. The molecule has 0 fully saturated rings. The topological polar surface area (TPSA) is 56.7 Å². The molecular weight excluding hydrogens is 717 g/mol. The summed E-state index contributed by atoms with van der Waals surface area (Å²) in [6, 6.07) is 63.7. The number of rotatable bonds is 5. The summed E-state index contributed by atoms with van der Waals surface area (Å²) in [6.07, 6.45) is 0. The van der Waals surface area contributed by atoms with Crippen molar-refractivity contribution < 1.29 is 4.42 Å². The van der Waals surface area contributed by atoms with Crippen molar-refractivity contribution in [3.05, 3.63) is 182 Å². The molecule has 0 bridgehead atoms. The van der Waals surface area contributed by atoms with Gasteiger partial charge in [0.05, 0.1) is 16.4 Å². The van der Waals surface area contributed by atoms with Gasteiger partial charge >= 0.3 is 0 Å². The van der Waals surface area contributed by atoms with Gasteiger partial charge in [-0.2, -0.15) is 0 Å². The summed E-state index contributed by atoms with van der Waals surface area (Å²) in [6.45, 7) is 0. The molecule has 4 heterocycles. The molecule has 0 saturated heterocycles. The monoisotopic (exact) mass is 746 g/mol. The Labute approximate surface area is 330 Å². The Bertz CT molecular complexity index is 3460. The van der Waals surface area contributed by atoms with Gasteiger partial charge in [0.25, 0.3) is 0 Å². The van der Waals surface area contributed by atoms with Crippen LogP contribution in [0.3, 0.4) is 0 Å². The molecule has 5 nitrogen and oxygen atoms in total. The van der Waals surface area contributed by atoms with Gasteiger partial charge in [0, 0.05) is 58.7 Å². The van der Waals surface area contributed by atoms with E-state index < -0.39 is 0 Å². The molecule has 0 aliphatic carbocycles. The van der Waals surface area contributed by atoms with Gasteiger partial charge in [-0.1, -0.05) is 121 Å². The molecule has 0 radical (unpaired) electrons. The lowest BCUT2D eigenvalue weighted by Crippen LogP contribution is -2.00. The summed E-state index contributed by atoms with van der Waals surface area (Å²) >= 11 is 1.82. The maximum Gasteiger partial charge on any atom is 0.164 e. The molecule has 0 unspecified atom stereocenters. The van der Waals surface area contributed by atoms with Gasteiger partial charge < -0.3 is 8.98 Å². The van der Waals surface area contributed by atoms with Crippen LogP contribution in [0.5, 0.6) is 0 Å². The van der Waals surface area contributed by atoms with E-state index in [-0.39, 0.29) is 0 Å². The molecule has 12 rings (SSSR count). The van der Waals surface area contributed by atoms with E-state index >= 15 is 0 Å². The highest BCUT2D eigenvalue weighted by molar-refractivity contribution is 7.26. The molecule has 0 aliphatic heterocycles. The van der Waals surface area contributed by atoms with E-state index in [0.29, 0.717) is 17.5 Å². The van der Waals surface area contributed by atoms with E-state index in [0.717, 1.165) is 77.2 Å². The second-order valence-electron chi connectivity index (χ2n) is 14.4. The summed E-state index contributed by atoms with van der Waals surface area (Å²) < 4.78 is 11.9. The number of fused-ring (bicyclic) bond motifs is 11. The second-order valence-corrected chi connectivity index (χ2v) is 15.5. The molecule has 0 N–H and O–H groups in total. The SMILES string of the molecule is c1ccc(-c2nc(-c3ccccc3)nc(-c3cccc(-c4ccc5c(c4)c4c6oc7c(ccc8sc9ccccc9c87)c6ccc4n5-c4ccccc4)c3)n2)cc1. The summed E-state index contributed by atoms with van der Waals surface area (Å²) in [5, 5.41) is 6.90. The zero-order chi connectivity index (χ0) is 37.5. The molecule has 0 spiro atoms. The van der Waals surface area contributed by atoms with E-state index in [1.807, 2.05) is 72.0 Å². The lowest BCUT2D eigenvalue weighted by molar-refractivity contribution is 0.677. The van der Waals surface area contributed by atoms with E-state index in [2.05, 4.69) is 126 Å². The average Bonchev–Trinajstić information content (AvgIpc) is 3.96. The summed E-state index contributed by atoms with van der Waals surface area (Å²) in [5.74, 6) is 1.91. The van der Waals surface area contributed by atoms with Crippen LogP contribution in [0.25, 0.3) is 115 Å². The van der Waals surface area contributed by atoms with Gasteiger partial charge in [-0.25, -0.2) is 15.0 Å². The smallest absolute Gasteiger partial charge is 0.164 e. The predicted molar refractivity (Wildman–Crippen MR) is 236 cm³/mol. The quantitative estimate of drug-likeness (QED) is 0.176. The van der Waals surface area contributed by atoms with Crippen molar-refractivity contribution in [1.82, 2.24) is 19.5 Å². The first-order chi connectivity index (χ1) is 28.2. The third-order valence-electron chi connectivity index (χ3n) is 11.0. The van der Waals surface area contributed by atoms with Crippen LogP contribution in [0.2, 0.25) is 0 Å². The third-order valence-corrected chi connectivity index (χ3v) is 12.2. The first-order valence-electron chi connectivity index (χ1n) is 19.0. The molecule has 12 aromatic rings. The fourth-order valence-corrected chi connectivity index (χ4v) is 9.52. The van der Waals surface area contributed by atoms with Crippen LogP contribution >= 0.6 is 11.3 Å². The minimum Gasteiger partial charge on any atom is -0.455 e. The molecule has 57 heavy (non-hydrogen) atoms. The third kappa shape index (κ3) is 5.04. The highest BCUT2D eigenvalue weighted by atomic mass is 32.1. The zero-order valence-corrected chi connectivity index (χ0v) is 31.2. The van der Waals surface area contributed by atoms with Crippen LogP contribution < -0.4 is 0 Å². The van der Waals surface area contributed by atoms with Crippen molar-refractivity contribution >= 4 is 75.3 Å². The Balaban J connectivity index is 1.08. The Morgan fingerprint density at radius 2 is 0.930 bits per heavy atom. The number of nitrogens with zero attached hydrogens (tertiary/aromatic N) is 4. The lowest BCUT2D eigenvalue weighted by Gasteiger charge is -2.10. The predicted octanol–water partition coefficient (Wildman–Crippen LogP) is 13.9. The van der Waals surface area contributed by atoms with E-state index in [1.54, 1.807) is 0 Å². The van der Waals surface area contributed by atoms with E-state index in [4.69, 9.17) is 19.4 Å². The number of aromatic nitrogens is 4. The zero-order valence-electron chi connectivity index (χ0n) is 30.4. The number of benzene rings is 8. The normalized spacial score (nSPS) is 11.9. The molecule has 0 saturated carbocycles. The minimum absolute atomic E-state index is 0.627. The van der Waals surface area contributed by atoms with Gasteiger partial charge in [0.2, 0.25) is 0 Å². The Hall–Kier alpha value is -7.41. The van der Waals surface area contributed by atoms with Gasteiger partial charge in [0.15, 0.2) is 17.5 Å². The molecule has 8 aromatic carbocycles. The minimum atomic E-state index is 0.627. The first kappa shape index (κ1) is 31.9. The highest BCUT2D eigenvalue weighted by Gasteiger charge is 2.22. The maximum absolute atomic E-state index is 7.09. The van der Waals surface area contributed by atoms with Gasteiger partial charge in [-0.3, -0.25) is 0 Å². The van der Waals surface area contributed by atoms with Gasteiger partial charge in [-0.15, -0.1) is 11.3 Å². The summed E-state index contributed by atoms with van der Waals surface area (Å²) in [7, 11) is 0. The van der Waals surface area contributed by atoms with Gasteiger partial charge in [0.1, 0.15) is 11.2 Å². The molecular formula is C51H30N4OS. The van der Waals surface area contributed by atoms with Crippen LogP contribution in [-0.4, -0.2) is 19.5 Å². The van der Waals surface area contributed by atoms with Crippen LogP contribution in [0.4, 0.5) is 0 Å². The molecule has 266 valence electrons. The number of furan rings is 1. The van der Waals surface area contributed by atoms with Crippen molar-refractivity contribution in [2.45, 2.75) is 0 Å². The van der Waals surface area contributed by atoms with Crippen molar-refractivity contribution in [3.8, 4) is 51.0 Å². The lowest BCUT2D eigenvalue weighted by atomic mass is 10.00. The van der Waals surface area contributed by atoms with Crippen LogP contribution in [0, 0.1) is 0 Å². The number of para-hydroxylation sites is 1. The average molecular weight is 747 g/mol. The fraction of sp³-hybridized carbons (Fsp3) is 0. The number of hydrogen-bond acceptors (Lipinski definition) is 5. The molecule has 0 aliphatic rings. The van der Waals surface area contributed by atoms with E-state index in [9.17, 15) is 0 Å². The molecule has 0 atom stereocenters. The summed E-state index contributed by atoms with van der Waals surface area (Å²) in [5.41, 5.74) is 10.1. The van der Waals surface area contributed by atoms with Crippen molar-refractivity contribution in [2.24, 2.45) is 0 Å². The molecule has 4 aromatic heterocycles. The van der Waals surface area contributed by atoms with Crippen LogP contribution in [0.1, 0.15) is 0 Å². The van der Waals surface area contributed by atoms with Crippen molar-refractivity contribution in [1.29, 1.82) is 0 Å². The van der Waals surface area contributed by atoms with Gasteiger partial charge in [-0.05, 0) is 71.8 Å². The Kier molecular flexibility index (Phi) is 7.03. The number of hydrogen-bond donors (Lipinski definition) is 0. The van der Waals surface area contributed by atoms with Crippen molar-refractivity contribution in [3.63, 3.8) is 0 Å². The fourth-order valence-electron chi connectivity index (χ4n) is 8.41. The first-order valence-corrected chi connectivity index (χ1v) is 19.8. The Morgan fingerprint density at radius 3 is 1.67 bits per heavy atom. The van der Waals surface area contributed by atoms with Crippen LogP contribution in [-0.2, 0) is 0 Å². The largest absolute Gasteiger partial charge is 0.455 e. The molecule has 0 amide bonds. The van der Waals surface area contributed by atoms with E-state index in [1.165, 1.54) is 20.2 Å². The second kappa shape index (κ2) is 12.6. The summed E-state index contributed by atoms with van der Waals surface area (Å²) in [4.78, 5) is 14.9. The highest BCUT2D eigenvalue weighted by Crippen LogP contribution is 2.46.